The highest BCUT2D eigenvalue weighted by atomic mass is 16.5. The lowest BCUT2D eigenvalue weighted by atomic mass is 9.77. The van der Waals surface area contributed by atoms with E-state index in [0.717, 1.165) is 19.3 Å². The predicted octanol–water partition coefficient (Wildman–Crippen LogP) is 1.12. The summed E-state index contributed by atoms with van der Waals surface area (Å²) in [4.78, 5) is 12.9. The Morgan fingerprint density at radius 3 is 2.74 bits per heavy atom. The molecule has 1 aliphatic rings. The molecular formula is C12H12N6O. The summed E-state index contributed by atoms with van der Waals surface area (Å²) in [6, 6.07) is 0. The average Bonchev–Trinajstić information content (AvgIpc) is 3.04. The first-order chi connectivity index (χ1) is 9.26. The molecule has 0 saturated heterocycles. The molecule has 0 spiro atoms. The van der Waals surface area contributed by atoms with Crippen LogP contribution in [0.2, 0.25) is 0 Å². The van der Waals surface area contributed by atoms with E-state index in [9.17, 15) is 0 Å². The molecular weight excluding hydrogens is 244 g/mol. The smallest absolute Gasteiger partial charge is 0.280 e. The van der Waals surface area contributed by atoms with Crippen LogP contribution in [0.4, 0.5) is 0 Å². The van der Waals surface area contributed by atoms with Gasteiger partial charge in [0.05, 0.1) is 5.54 Å². The quantitative estimate of drug-likeness (QED) is 0.738. The van der Waals surface area contributed by atoms with Crippen molar-refractivity contribution in [3.05, 3.63) is 30.6 Å². The summed E-state index contributed by atoms with van der Waals surface area (Å²) in [6.07, 6.45) is 9.94. The molecule has 1 aliphatic carbocycles. The third-order valence-corrected chi connectivity index (χ3v) is 3.63. The van der Waals surface area contributed by atoms with Crippen molar-refractivity contribution in [3.8, 4) is 11.6 Å². The number of nitrogens with zero attached hydrogens (tertiary/aromatic N) is 5. The maximum atomic E-state index is 6.18. The third-order valence-electron chi connectivity index (χ3n) is 3.63. The van der Waals surface area contributed by atoms with Crippen molar-refractivity contribution >= 4 is 5.65 Å². The number of nitrogens with two attached hydrogens (primary N) is 1. The minimum Gasteiger partial charge on any atom is -0.332 e. The molecule has 0 amide bonds. The molecule has 0 radical (unpaired) electrons. The second-order valence-electron chi connectivity index (χ2n) is 4.87. The zero-order valence-electron chi connectivity index (χ0n) is 10.2. The number of aromatic nitrogens is 5. The fourth-order valence-electron chi connectivity index (χ4n) is 2.31. The monoisotopic (exact) mass is 256 g/mol. The lowest BCUT2D eigenvalue weighted by Gasteiger charge is -2.34. The van der Waals surface area contributed by atoms with E-state index in [-0.39, 0.29) is 0 Å². The Morgan fingerprint density at radius 2 is 2.00 bits per heavy atom. The summed E-state index contributed by atoms with van der Waals surface area (Å²) < 4.78 is 7.15. The standard InChI is InChI=1S/C12H12N6O/c13-12(2-1-3-12)11-16-10(19-17-11)8-9-15-5-7-18(9)6-4-14-8/h4-7H,1-3,13H2. The molecule has 0 bridgehead atoms. The summed E-state index contributed by atoms with van der Waals surface area (Å²) in [5.74, 6) is 0.924. The molecule has 0 aliphatic heterocycles. The maximum Gasteiger partial charge on any atom is 0.280 e. The first kappa shape index (κ1) is 10.6. The van der Waals surface area contributed by atoms with E-state index < -0.39 is 5.54 Å². The van der Waals surface area contributed by atoms with E-state index in [4.69, 9.17) is 10.3 Å². The Balaban J connectivity index is 1.82. The van der Waals surface area contributed by atoms with Gasteiger partial charge in [0.15, 0.2) is 17.2 Å². The topological polar surface area (TPSA) is 95.1 Å². The number of hydrogen-bond acceptors (Lipinski definition) is 6. The predicted molar refractivity (Wildman–Crippen MR) is 66.0 cm³/mol. The molecule has 2 N–H and O–H groups in total. The number of rotatable bonds is 2. The van der Waals surface area contributed by atoms with Crippen molar-refractivity contribution in [3.63, 3.8) is 0 Å². The van der Waals surface area contributed by atoms with Crippen molar-refractivity contribution in [1.29, 1.82) is 0 Å². The highest BCUT2D eigenvalue weighted by Gasteiger charge is 2.39. The van der Waals surface area contributed by atoms with E-state index in [1.807, 2.05) is 16.8 Å². The summed E-state index contributed by atoms with van der Waals surface area (Å²) in [6.45, 7) is 0. The van der Waals surface area contributed by atoms with Crippen molar-refractivity contribution in [2.45, 2.75) is 24.8 Å². The lowest BCUT2D eigenvalue weighted by Crippen LogP contribution is -2.44. The fraction of sp³-hybridized carbons (Fsp3) is 0.333. The summed E-state index contributed by atoms with van der Waals surface area (Å²) in [5.41, 5.74) is 7.02. The van der Waals surface area contributed by atoms with E-state index in [1.165, 1.54) is 0 Å². The van der Waals surface area contributed by atoms with Crippen molar-refractivity contribution in [2.75, 3.05) is 0 Å². The minimum atomic E-state index is -0.428. The van der Waals surface area contributed by atoms with Crippen LogP contribution in [0.5, 0.6) is 0 Å². The van der Waals surface area contributed by atoms with Gasteiger partial charge in [0.2, 0.25) is 0 Å². The van der Waals surface area contributed by atoms with Crippen LogP contribution in [0.15, 0.2) is 29.3 Å². The zero-order valence-corrected chi connectivity index (χ0v) is 10.2. The summed E-state index contributed by atoms with van der Waals surface area (Å²) >= 11 is 0. The van der Waals surface area contributed by atoms with Crippen LogP contribution in [0.3, 0.4) is 0 Å². The van der Waals surface area contributed by atoms with E-state index in [2.05, 4.69) is 20.1 Å². The molecule has 3 aromatic heterocycles. The molecule has 4 rings (SSSR count). The Kier molecular flexibility index (Phi) is 2.02. The van der Waals surface area contributed by atoms with Crippen LogP contribution in [-0.4, -0.2) is 24.5 Å². The highest BCUT2D eigenvalue weighted by molar-refractivity contribution is 5.66. The molecule has 3 heterocycles. The SMILES string of the molecule is NC1(c2noc(-c3nccn4ccnc34)n2)CCC1. The van der Waals surface area contributed by atoms with Gasteiger partial charge in [0.1, 0.15) is 0 Å². The van der Waals surface area contributed by atoms with E-state index in [0.29, 0.717) is 23.1 Å². The molecule has 96 valence electrons. The largest absolute Gasteiger partial charge is 0.332 e. The normalized spacial score (nSPS) is 17.5. The van der Waals surface area contributed by atoms with Crippen LogP contribution >= 0.6 is 0 Å². The van der Waals surface area contributed by atoms with Gasteiger partial charge in [0.25, 0.3) is 5.89 Å². The Bertz CT molecular complexity index is 741. The van der Waals surface area contributed by atoms with Crippen molar-refractivity contribution in [2.24, 2.45) is 5.73 Å². The maximum absolute atomic E-state index is 6.18. The van der Waals surface area contributed by atoms with Gasteiger partial charge in [-0.2, -0.15) is 4.98 Å². The van der Waals surface area contributed by atoms with Crippen molar-refractivity contribution < 1.29 is 4.52 Å². The second-order valence-corrected chi connectivity index (χ2v) is 4.87. The molecule has 3 aromatic rings. The van der Waals surface area contributed by atoms with Crippen molar-refractivity contribution in [1.82, 2.24) is 24.5 Å². The fourth-order valence-corrected chi connectivity index (χ4v) is 2.31. The van der Waals surface area contributed by atoms with Gasteiger partial charge in [0, 0.05) is 24.8 Å². The third kappa shape index (κ3) is 1.48. The van der Waals surface area contributed by atoms with Gasteiger partial charge in [-0.15, -0.1) is 0 Å². The second kappa shape index (κ2) is 3.61. The van der Waals surface area contributed by atoms with Crippen LogP contribution in [0, 0.1) is 0 Å². The van der Waals surface area contributed by atoms with Gasteiger partial charge in [-0.1, -0.05) is 5.16 Å². The van der Waals surface area contributed by atoms with Gasteiger partial charge in [-0.3, -0.25) is 0 Å². The van der Waals surface area contributed by atoms with Gasteiger partial charge < -0.3 is 14.7 Å². The van der Waals surface area contributed by atoms with Gasteiger partial charge in [-0.25, -0.2) is 9.97 Å². The molecule has 0 aromatic carbocycles. The van der Waals surface area contributed by atoms with Gasteiger partial charge in [-0.05, 0) is 19.3 Å². The minimum absolute atomic E-state index is 0.364. The van der Waals surface area contributed by atoms with Gasteiger partial charge >= 0.3 is 0 Å². The molecule has 7 heteroatoms. The van der Waals surface area contributed by atoms with Crippen LogP contribution in [0.25, 0.3) is 17.2 Å². The Labute approximate surface area is 108 Å². The summed E-state index contributed by atoms with van der Waals surface area (Å²) in [5, 5.41) is 3.99. The van der Waals surface area contributed by atoms with Crippen LogP contribution in [0.1, 0.15) is 25.1 Å². The lowest BCUT2D eigenvalue weighted by molar-refractivity contribution is 0.229. The number of hydrogen-bond donors (Lipinski definition) is 1. The molecule has 7 nitrogen and oxygen atoms in total. The Morgan fingerprint density at radius 1 is 1.21 bits per heavy atom. The molecule has 0 atom stereocenters. The first-order valence-corrected chi connectivity index (χ1v) is 6.17. The van der Waals surface area contributed by atoms with Crippen LogP contribution < -0.4 is 5.73 Å². The Hall–Kier alpha value is -2.28. The van der Waals surface area contributed by atoms with Crippen LogP contribution in [-0.2, 0) is 5.54 Å². The van der Waals surface area contributed by atoms with E-state index in [1.54, 1.807) is 12.4 Å². The van der Waals surface area contributed by atoms with E-state index >= 15 is 0 Å². The first-order valence-electron chi connectivity index (χ1n) is 6.17. The highest BCUT2D eigenvalue weighted by Crippen LogP contribution is 2.37. The molecule has 19 heavy (non-hydrogen) atoms. The summed E-state index contributed by atoms with van der Waals surface area (Å²) in [7, 11) is 0. The number of imidazole rings is 1. The zero-order chi connectivity index (χ0) is 12.9. The number of fused-ring (bicyclic) bond motifs is 1. The molecule has 1 fully saturated rings. The average molecular weight is 256 g/mol. The molecule has 1 saturated carbocycles. The molecule has 0 unspecified atom stereocenters.